The van der Waals surface area contributed by atoms with Crippen LogP contribution in [-0.2, 0) is 6.42 Å². The van der Waals surface area contributed by atoms with E-state index in [0.29, 0.717) is 12.0 Å². The van der Waals surface area contributed by atoms with Crippen LogP contribution in [-0.4, -0.2) is 43.6 Å². The zero-order chi connectivity index (χ0) is 16.8. The third-order valence-electron chi connectivity index (χ3n) is 5.36. The molecule has 1 saturated heterocycles. The Morgan fingerprint density at radius 3 is 2.76 bits per heavy atom. The maximum absolute atomic E-state index is 5.58. The van der Waals surface area contributed by atoms with Crippen LogP contribution >= 0.6 is 24.0 Å². The molecule has 1 aromatic rings. The first kappa shape index (κ1) is 20.3. The van der Waals surface area contributed by atoms with Gasteiger partial charge in [0.25, 0.3) is 0 Å². The number of aliphatic imine (C=N–C) groups is 1. The zero-order valence-corrected chi connectivity index (χ0v) is 17.9. The third-order valence-corrected chi connectivity index (χ3v) is 5.36. The SMILES string of the molecule is CCNC(=NCCc1cccc(OCC)c1)N1CCC2(CCC2)C1.I. The average molecular weight is 457 g/mol. The molecule has 1 aromatic carbocycles. The summed E-state index contributed by atoms with van der Waals surface area (Å²) in [6.45, 7) is 8.98. The van der Waals surface area contributed by atoms with Gasteiger partial charge in [0.15, 0.2) is 5.96 Å². The fraction of sp³-hybridized carbons (Fsp3) is 0.650. The van der Waals surface area contributed by atoms with Crippen LogP contribution in [0, 0.1) is 5.41 Å². The standard InChI is InChI=1S/C20H31N3O.HI/c1-3-21-19(23-14-12-20(16-23)10-6-11-20)22-13-9-17-7-5-8-18(15-17)24-4-2;/h5,7-8,15H,3-4,6,9-14,16H2,1-2H3,(H,21,22);1H. The van der Waals surface area contributed by atoms with E-state index in [1.807, 2.05) is 13.0 Å². The van der Waals surface area contributed by atoms with Crippen LogP contribution < -0.4 is 10.1 Å². The fourth-order valence-corrected chi connectivity index (χ4v) is 3.87. The molecule has 140 valence electrons. The van der Waals surface area contributed by atoms with Crippen molar-refractivity contribution >= 4 is 29.9 Å². The van der Waals surface area contributed by atoms with Gasteiger partial charge in [0.05, 0.1) is 6.61 Å². The lowest BCUT2D eigenvalue weighted by atomic mass is 9.68. The lowest BCUT2D eigenvalue weighted by Crippen LogP contribution is -2.42. The average Bonchev–Trinajstić information content (AvgIpc) is 3.01. The van der Waals surface area contributed by atoms with Crippen molar-refractivity contribution in [2.45, 2.75) is 46.0 Å². The molecule has 0 atom stereocenters. The van der Waals surface area contributed by atoms with E-state index in [-0.39, 0.29) is 24.0 Å². The molecule has 1 heterocycles. The molecule has 1 spiro atoms. The number of guanidine groups is 1. The van der Waals surface area contributed by atoms with Gasteiger partial charge in [-0.05, 0) is 62.6 Å². The minimum Gasteiger partial charge on any atom is -0.494 e. The molecule has 1 aliphatic heterocycles. The van der Waals surface area contributed by atoms with Gasteiger partial charge < -0.3 is 15.0 Å². The number of rotatable bonds is 6. The van der Waals surface area contributed by atoms with Gasteiger partial charge in [-0.2, -0.15) is 0 Å². The van der Waals surface area contributed by atoms with E-state index < -0.39 is 0 Å². The number of likely N-dealkylation sites (tertiary alicyclic amines) is 1. The van der Waals surface area contributed by atoms with Crippen LogP contribution in [0.25, 0.3) is 0 Å². The highest BCUT2D eigenvalue weighted by Gasteiger charge is 2.43. The van der Waals surface area contributed by atoms with Gasteiger partial charge in [0.2, 0.25) is 0 Å². The van der Waals surface area contributed by atoms with Crippen LogP contribution in [0.15, 0.2) is 29.3 Å². The van der Waals surface area contributed by atoms with Crippen LogP contribution in [0.4, 0.5) is 0 Å². The van der Waals surface area contributed by atoms with Crippen LogP contribution in [0.1, 0.15) is 45.1 Å². The van der Waals surface area contributed by atoms with Gasteiger partial charge in [-0.3, -0.25) is 4.99 Å². The van der Waals surface area contributed by atoms with Crippen molar-refractivity contribution in [3.05, 3.63) is 29.8 Å². The van der Waals surface area contributed by atoms with Crippen molar-refractivity contribution in [1.82, 2.24) is 10.2 Å². The summed E-state index contributed by atoms with van der Waals surface area (Å²) in [6, 6.07) is 8.37. The molecule has 3 rings (SSSR count). The summed E-state index contributed by atoms with van der Waals surface area (Å²) in [7, 11) is 0. The van der Waals surface area contributed by atoms with Gasteiger partial charge in [0.1, 0.15) is 5.75 Å². The summed E-state index contributed by atoms with van der Waals surface area (Å²) < 4.78 is 5.58. The molecule has 0 radical (unpaired) electrons. The predicted octanol–water partition coefficient (Wildman–Crippen LogP) is 4.09. The van der Waals surface area contributed by atoms with Crippen molar-refractivity contribution in [2.24, 2.45) is 10.4 Å². The summed E-state index contributed by atoms with van der Waals surface area (Å²) in [4.78, 5) is 7.35. The van der Waals surface area contributed by atoms with E-state index in [1.165, 1.54) is 37.8 Å². The molecule has 1 aliphatic carbocycles. The Balaban J connectivity index is 0.00000225. The molecule has 0 unspecified atom stereocenters. The zero-order valence-electron chi connectivity index (χ0n) is 15.6. The molecule has 0 aromatic heterocycles. The maximum atomic E-state index is 5.58. The summed E-state index contributed by atoms with van der Waals surface area (Å²) in [5.41, 5.74) is 1.90. The molecular formula is C20H32IN3O. The van der Waals surface area contributed by atoms with Gasteiger partial charge in [-0.25, -0.2) is 0 Å². The molecule has 2 fully saturated rings. The van der Waals surface area contributed by atoms with E-state index in [0.717, 1.165) is 37.8 Å². The summed E-state index contributed by atoms with van der Waals surface area (Å²) in [6.07, 6.45) is 6.53. The second kappa shape index (κ2) is 9.64. The second-order valence-electron chi connectivity index (χ2n) is 7.09. The molecule has 5 heteroatoms. The maximum Gasteiger partial charge on any atom is 0.193 e. The van der Waals surface area contributed by atoms with Crippen molar-refractivity contribution in [1.29, 1.82) is 0 Å². The molecule has 1 N–H and O–H groups in total. The molecule has 2 aliphatic rings. The first-order chi connectivity index (χ1) is 11.7. The van der Waals surface area contributed by atoms with Crippen LogP contribution in [0.5, 0.6) is 5.75 Å². The molecule has 0 amide bonds. The quantitative estimate of drug-likeness (QED) is 0.397. The van der Waals surface area contributed by atoms with Crippen LogP contribution in [0.2, 0.25) is 0 Å². The molecular weight excluding hydrogens is 425 g/mol. The summed E-state index contributed by atoms with van der Waals surface area (Å²) >= 11 is 0. The Labute approximate surface area is 169 Å². The predicted molar refractivity (Wildman–Crippen MR) is 115 cm³/mol. The van der Waals surface area contributed by atoms with Crippen molar-refractivity contribution in [3.8, 4) is 5.75 Å². The van der Waals surface area contributed by atoms with Crippen molar-refractivity contribution in [3.63, 3.8) is 0 Å². The smallest absolute Gasteiger partial charge is 0.193 e. The molecule has 1 saturated carbocycles. The van der Waals surface area contributed by atoms with Crippen molar-refractivity contribution in [2.75, 3.05) is 32.8 Å². The van der Waals surface area contributed by atoms with Gasteiger partial charge in [-0.15, -0.1) is 24.0 Å². The minimum atomic E-state index is 0. The topological polar surface area (TPSA) is 36.9 Å². The highest BCUT2D eigenvalue weighted by Crippen LogP contribution is 2.47. The van der Waals surface area contributed by atoms with E-state index in [4.69, 9.17) is 9.73 Å². The highest BCUT2D eigenvalue weighted by molar-refractivity contribution is 14.0. The first-order valence-corrected chi connectivity index (χ1v) is 9.50. The van der Waals surface area contributed by atoms with E-state index in [1.54, 1.807) is 0 Å². The summed E-state index contributed by atoms with van der Waals surface area (Å²) in [5.74, 6) is 2.06. The van der Waals surface area contributed by atoms with E-state index >= 15 is 0 Å². The lowest BCUT2D eigenvalue weighted by Gasteiger charge is -2.38. The van der Waals surface area contributed by atoms with E-state index in [9.17, 15) is 0 Å². The number of nitrogens with zero attached hydrogens (tertiary/aromatic N) is 2. The first-order valence-electron chi connectivity index (χ1n) is 9.50. The second-order valence-corrected chi connectivity index (χ2v) is 7.09. The third kappa shape index (κ3) is 5.25. The fourth-order valence-electron chi connectivity index (χ4n) is 3.87. The Bertz CT molecular complexity index is 572. The van der Waals surface area contributed by atoms with Crippen LogP contribution in [0.3, 0.4) is 0 Å². The largest absolute Gasteiger partial charge is 0.494 e. The minimum absolute atomic E-state index is 0. The monoisotopic (exact) mass is 457 g/mol. The number of nitrogens with one attached hydrogen (secondary N) is 1. The van der Waals surface area contributed by atoms with Gasteiger partial charge in [0, 0.05) is 26.2 Å². The molecule has 4 nitrogen and oxygen atoms in total. The number of hydrogen-bond donors (Lipinski definition) is 1. The number of hydrogen-bond acceptors (Lipinski definition) is 2. The molecule has 25 heavy (non-hydrogen) atoms. The number of ether oxygens (including phenoxy) is 1. The van der Waals surface area contributed by atoms with Crippen molar-refractivity contribution < 1.29 is 4.74 Å². The Kier molecular flexibility index (Phi) is 7.84. The molecule has 0 bridgehead atoms. The number of halogens is 1. The Hall–Kier alpha value is -0.980. The van der Waals surface area contributed by atoms with Gasteiger partial charge >= 0.3 is 0 Å². The summed E-state index contributed by atoms with van der Waals surface area (Å²) in [5, 5.41) is 3.48. The lowest BCUT2D eigenvalue weighted by molar-refractivity contribution is 0.151. The number of benzene rings is 1. The van der Waals surface area contributed by atoms with E-state index in [2.05, 4.69) is 35.3 Å². The normalized spacial score (nSPS) is 18.6. The highest BCUT2D eigenvalue weighted by atomic mass is 127. The Morgan fingerprint density at radius 2 is 2.12 bits per heavy atom. The van der Waals surface area contributed by atoms with Gasteiger partial charge in [-0.1, -0.05) is 18.6 Å². The Morgan fingerprint density at radius 1 is 1.28 bits per heavy atom.